The molecule has 3 aromatic rings. The maximum atomic E-state index is 12.7. The predicted molar refractivity (Wildman–Crippen MR) is 102 cm³/mol. The lowest BCUT2D eigenvalue weighted by Gasteiger charge is -2.13. The van der Waals surface area contributed by atoms with Gasteiger partial charge in [0, 0.05) is 5.39 Å². The number of nitrogens with zero attached hydrogens (tertiary/aromatic N) is 1. The minimum absolute atomic E-state index is 0.0839. The molecule has 0 amide bonds. The lowest BCUT2D eigenvalue weighted by atomic mass is 10.1. The van der Waals surface area contributed by atoms with E-state index in [2.05, 4.69) is 0 Å². The molecule has 0 aliphatic heterocycles. The number of unbranched alkanes of at least 4 members (excludes halogenated alkanes) is 1. The number of aliphatic carboxylic acids is 1. The van der Waals surface area contributed by atoms with Gasteiger partial charge >= 0.3 is 11.9 Å². The Morgan fingerprint density at radius 2 is 1.93 bits per heavy atom. The quantitative estimate of drug-likeness (QED) is 0.473. The summed E-state index contributed by atoms with van der Waals surface area (Å²) in [6.45, 7) is 4.15. The van der Waals surface area contributed by atoms with Gasteiger partial charge in [0.05, 0.1) is 35.8 Å². The van der Waals surface area contributed by atoms with E-state index in [1.54, 1.807) is 25.3 Å². The highest BCUT2D eigenvalue weighted by Crippen LogP contribution is 2.29. The van der Waals surface area contributed by atoms with Crippen LogP contribution in [0.25, 0.3) is 16.4 Å². The van der Waals surface area contributed by atoms with E-state index in [0.717, 1.165) is 29.3 Å². The average molecular weight is 369 g/mol. The van der Waals surface area contributed by atoms with Gasteiger partial charge in [-0.05, 0) is 31.5 Å². The number of esters is 1. The minimum atomic E-state index is -0.910. The van der Waals surface area contributed by atoms with Gasteiger partial charge in [0.1, 0.15) is 11.9 Å². The highest BCUT2D eigenvalue weighted by atomic mass is 16.5. The summed E-state index contributed by atoms with van der Waals surface area (Å²) in [6, 6.07) is 11.2. The molecule has 0 radical (unpaired) electrons. The van der Waals surface area contributed by atoms with E-state index in [-0.39, 0.29) is 12.4 Å². The Morgan fingerprint density at radius 1 is 1.15 bits per heavy atom. The number of pyridine rings is 1. The second kappa shape index (κ2) is 8.12. The third-order valence-electron chi connectivity index (χ3n) is 4.34. The van der Waals surface area contributed by atoms with Crippen LogP contribution >= 0.6 is 0 Å². The lowest BCUT2D eigenvalue weighted by molar-refractivity contribution is -0.138. The van der Waals surface area contributed by atoms with Gasteiger partial charge < -0.3 is 19.0 Å². The van der Waals surface area contributed by atoms with Crippen LogP contribution in [0.5, 0.6) is 5.75 Å². The summed E-state index contributed by atoms with van der Waals surface area (Å²) in [5.41, 5.74) is 2.13. The molecule has 0 spiro atoms. The molecule has 0 saturated heterocycles. The van der Waals surface area contributed by atoms with Crippen molar-refractivity contribution in [1.82, 2.24) is 4.40 Å². The smallest absolute Gasteiger partial charge is 0.340 e. The third kappa shape index (κ3) is 4.05. The number of hydrogen-bond donors (Lipinski definition) is 1. The molecular weight excluding hydrogens is 346 g/mol. The molecule has 2 heterocycles. The first-order valence-electron chi connectivity index (χ1n) is 9.09. The number of hydrogen-bond acceptors (Lipinski definition) is 4. The van der Waals surface area contributed by atoms with Crippen LogP contribution in [0.4, 0.5) is 0 Å². The SMILES string of the molecule is CCCCOC(=O)c1c2ccccc2n2cc(OC(C)CC(=O)O)ccc12. The number of rotatable bonds is 8. The molecular formula is C21H23NO5. The molecule has 142 valence electrons. The number of carbonyl (C=O) groups excluding carboxylic acids is 1. The maximum absolute atomic E-state index is 12.7. The predicted octanol–water partition coefficient (Wildman–Crippen LogP) is 4.29. The molecule has 6 nitrogen and oxygen atoms in total. The van der Waals surface area contributed by atoms with Gasteiger partial charge in [-0.1, -0.05) is 31.5 Å². The molecule has 0 bridgehead atoms. The molecule has 1 atom stereocenters. The number of benzene rings is 1. The van der Waals surface area contributed by atoms with E-state index in [1.165, 1.54) is 0 Å². The minimum Gasteiger partial charge on any atom is -0.489 e. The van der Waals surface area contributed by atoms with Crippen molar-refractivity contribution in [3.63, 3.8) is 0 Å². The highest BCUT2D eigenvalue weighted by Gasteiger charge is 2.20. The first-order valence-corrected chi connectivity index (χ1v) is 9.09. The Morgan fingerprint density at radius 3 is 2.67 bits per heavy atom. The molecule has 0 saturated carbocycles. The van der Waals surface area contributed by atoms with Gasteiger partial charge in [-0.3, -0.25) is 4.79 Å². The number of para-hydroxylation sites is 1. The number of carboxylic acid groups (broad SMARTS) is 1. The fraction of sp³-hybridized carbons (Fsp3) is 0.333. The van der Waals surface area contributed by atoms with Crippen LogP contribution in [0.2, 0.25) is 0 Å². The van der Waals surface area contributed by atoms with Crippen LogP contribution in [-0.4, -0.2) is 34.2 Å². The third-order valence-corrected chi connectivity index (χ3v) is 4.34. The number of fused-ring (bicyclic) bond motifs is 3. The molecule has 1 unspecified atom stereocenters. The van der Waals surface area contributed by atoms with E-state index in [0.29, 0.717) is 17.9 Å². The van der Waals surface area contributed by atoms with Gasteiger partial charge in [-0.25, -0.2) is 4.79 Å². The van der Waals surface area contributed by atoms with Crippen molar-refractivity contribution in [3.8, 4) is 5.75 Å². The Bertz CT molecular complexity index is 975. The van der Waals surface area contributed by atoms with E-state index in [9.17, 15) is 9.59 Å². The van der Waals surface area contributed by atoms with Crippen LogP contribution in [0, 0.1) is 0 Å². The van der Waals surface area contributed by atoms with Gasteiger partial charge in [0.2, 0.25) is 0 Å². The van der Waals surface area contributed by atoms with Gasteiger partial charge in [-0.15, -0.1) is 0 Å². The molecule has 0 aliphatic rings. The van der Waals surface area contributed by atoms with Crippen molar-refractivity contribution >= 4 is 28.4 Å². The Kier molecular flexibility index (Phi) is 5.64. The first kappa shape index (κ1) is 18.8. The van der Waals surface area contributed by atoms with E-state index in [4.69, 9.17) is 14.6 Å². The normalized spacial score (nSPS) is 12.2. The Balaban J connectivity index is 2.00. The number of carboxylic acids is 1. The molecule has 3 rings (SSSR count). The summed E-state index contributed by atoms with van der Waals surface area (Å²) >= 11 is 0. The van der Waals surface area contributed by atoms with Crippen molar-refractivity contribution in [2.75, 3.05) is 6.61 Å². The number of aromatic nitrogens is 1. The molecule has 0 fully saturated rings. The van der Waals surface area contributed by atoms with Crippen LogP contribution < -0.4 is 4.74 Å². The monoisotopic (exact) mass is 369 g/mol. The summed E-state index contributed by atoms with van der Waals surface area (Å²) in [7, 11) is 0. The van der Waals surface area contributed by atoms with Crippen molar-refractivity contribution in [3.05, 3.63) is 48.2 Å². The van der Waals surface area contributed by atoms with Crippen LogP contribution in [0.3, 0.4) is 0 Å². The molecule has 6 heteroatoms. The molecule has 27 heavy (non-hydrogen) atoms. The molecule has 0 aliphatic carbocycles. The van der Waals surface area contributed by atoms with Crippen molar-refractivity contribution < 1.29 is 24.2 Å². The zero-order valence-corrected chi connectivity index (χ0v) is 15.5. The zero-order chi connectivity index (χ0) is 19.4. The second-order valence-electron chi connectivity index (χ2n) is 6.53. The van der Waals surface area contributed by atoms with Crippen LogP contribution in [0.1, 0.15) is 43.5 Å². The molecule has 2 aromatic heterocycles. The van der Waals surface area contributed by atoms with Crippen LogP contribution in [-0.2, 0) is 9.53 Å². The summed E-state index contributed by atoms with van der Waals surface area (Å²) in [5.74, 6) is -0.704. The van der Waals surface area contributed by atoms with E-state index < -0.39 is 12.1 Å². The number of carbonyl (C=O) groups is 2. The lowest BCUT2D eigenvalue weighted by Crippen LogP contribution is -2.16. The molecule has 1 aromatic carbocycles. The largest absolute Gasteiger partial charge is 0.489 e. The van der Waals surface area contributed by atoms with E-state index >= 15 is 0 Å². The highest BCUT2D eigenvalue weighted by molar-refractivity contribution is 6.11. The van der Waals surface area contributed by atoms with Crippen molar-refractivity contribution in [2.24, 2.45) is 0 Å². The van der Waals surface area contributed by atoms with Gasteiger partial charge in [0.15, 0.2) is 0 Å². The number of ether oxygens (including phenoxy) is 2. The standard InChI is InChI=1S/C21H23NO5/c1-3-4-11-26-21(25)20-16-7-5-6-8-17(16)22-13-15(9-10-18(20)22)27-14(2)12-19(23)24/h5-10,13-14H,3-4,11-12H2,1-2H3,(H,23,24). The van der Waals surface area contributed by atoms with Crippen molar-refractivity contribution in [1.29, 1.82) is 0 Å². The first-order chi connectivity index (χ1) is 13.0. The summed E-state index contributed by atoms with van der Waals surface area (Å²) in [6.07, 6.45) is 3.02. The average Bonchev–Trinajstić information content (AvgIpc) is 2.95. The fourth-order valence-corrected chi connectivity index (χ4v) is 3.10. The topological polar surface area (TPSA) is 77.2 Å². The van der Waals surface area contributed by atoms with E-state index in [1.807, 2.05) is 35.6 Å². The summed E-state index contributed by atoms with van der Waals surface area (Å²) < 4.78 is 13.0. The maximum Gasteiger partial charge on any atom is 0.340 e. The second-order valence-corrected chi connectivity index (χ2v) is 6.53. The van der Waals surface area contributed by atoms with Gasteiger partial charge in [0.25, 0.3) is 0 Å². The Hall–Kier alpha value is -3.02. The zero-order valence-electron chi connectivity index (χ0n) is 15.5. The van der Waals surface area contributed by atoms with Crippen LogP contribution in [0.15, 0.2) is 42.6 Å². The molecule has 1 N–H and O–H groups in total. The summed E-state index contributed by atoms with van der Waals surface area (Å²) in [5, 5.41) is 9.71. The van der Waals surface area contributed by atoms with Gasteiger partial charge in [-0.2, -0.15) is 0 Å². The Labute approximate surface area is 157 Å². The summed E-state index contributed by atoms with van der Waals surface area (Å²) in [4.78, 5) is 23.5. The fourth-order valence-electron chi connectivity index (χ4n) is 3.10. The van der Waals surface area contributed by atoms with Crippen molar-refractivity contribution in [2.45, 2.75) is 39.2 Å².